The summed E-state index contributed by atoms with van der Waals surface area (Å²) < 4.78 is 10.2. The van der Waals surface area contributed by atoms with Crippen LogP contribution in [0.4, 0.5) is 0 Å². The summed E-state index contributed by atoms with van der Waals surface area (Å²) in [4.78, 5) is 11.4. The fourth-order valence-corrected chi connectivity index (χ4v) is 1.12. The molecule has 1 rings (SSSR count). The van der Waals surface area contributed by atoms with Crippen molar-refractivity contribution in [2.45, 2.75) is 13.3 Å². The maximum absolute atomic E-state index is 11.4. The first-order chi connectivity index (χ1) is 7.34. The summed E-state index contributed by atoms with van der Waals surface area (Å²) in [6.07, 6.45) is 6.27. The third-order valence-electron chi connectivity index (χ3n) is 1.84. The molecule has 0 saturated heterocycles. The van der Waals surface area contributed by atoms with E-state index in [1.165, 1.54) is 0 Å². The Morgan fingerprint density at radius 3 is 3.00 bits per heavy atom. The average molecular weight is 211 g/mol. The van der Waals surface area contributed by atoms with Gasteiger partial charge in [0.1, 0.15) is 6.61 Å². The second-order valence-corrected chi connectivity index (χ2v) is 3.16. The molecule has 84 valence electrons. The van der Waals surface area contributed by atoms with Crippen LogP contribution in [0.25, 0.3) is 0 Å². The van der Waals surface area contributed by atoms with Gasteiger partial charge in [-0.1, -0.05) is 13.0 Å². The smallest absolute Gasteiger partial charge is 0.339 e. The Hall–Kier alpha value is -1.29. The lowest BCUT2D eigenvalue weighted by Gasteiger charge is -2.08. The lowest BCUT2D eigenvalue weighted by molar-refractivity contribution is -0.140. The first kappa shape index (κ1) is 11.8. The monoisotopic (exact) mass is 211 g/mol. The van der Waals surface area contributed by atoms with Gasteiger partial charge in [-0.2, -0.15) is 0 Å². The van der Waals surface area contributed by atoms with Crippen molar-refractivity contribution in [2.75, 3.05) is 26.4 Å². The fraction of sp³-hybridized carbons (Fsp3) is 0.545. The molecule has 0 amide bonds. The summed E-state index contributed by atoms with van der Waals surface area (Å²) in [7, 11) is 0. The van der Waals surface area contributed by atoms with Crippen LogP contribution in [0, 0.1) is 0 Å². The molecule has 0 saturated carbocycles. The number of ether oxygens (including phenoxy) is 2. The fourth-order valence-electron chi connectivity index (χ4n) is 1.12. The van der Waals surface area contributed by atoms with E-state index >= 15 is 0 Å². The van der Waals surface area contributed by atoms with E-state index in [-0.39, 0.29) is 5.97 Å². The van der Waals surface area contributed by atoms with Crippen molar-refractivity contribution in [3.8, 4) is 0 Å². The van der Waals surface area contributed by atoms with Crippen molar-refractivity contribution < 1.29 is 14.3 Å². The topological polar surface area (TPSA) is 47.6 Å². The molecule has 1 N–H and O–H groups in total. The van der Waals surface area contributed by atoms with Crippen LogP contribution in [0.2, 0.25) is 0 Å². The minimum atomic E-state index is -0.307. The molecule has 0 aliphatic carbocycles. The maximum Gasteiger partial charge on any atom is 0.339 e. The Balaban J connectivity index is 2.13. The van der Waals surface area contributed by atoms with Crippen LogP contribution in [-0.2, 0) is 14.3 Å². The molecule has 1 aliphatic rings. The predicted octanol–water partition coefficient (Wildman–Crippen LogP) is 1.000. The number of dihydropyridines is 1. The first-order valence-corrected chi connectivity index (χ1v) is 5.19. The molecule has 0 bridgehead atoms. The molecule has 4 nitrogen and oxygen atoms in total. The molecule has 0 aromatic heterocycles. The summed E-state index contributed by atoms with van der Waals surface area (Å²) >= 11 is 0. The van der Waals surface area contributed by atoms with Crippen LogP contribution in [0.3, 0.4) is 0 Å². The molecule has 1 heterocycles. The van der Waals surface area contributed by atoms with Crippen molar-refractivity contribution in [2.24, 2.45) is 0 Å². The average Bonchev–Trinajstić information content (AvgIpc) is 2.30. The molecule has 15 heavy (non-hydrogen) atoms. The van der Waals surface area contributed by atoms with Crippen LogP contribution in [0.5, 0.6) is 0 Å². The Labute approximate surface area is 89.9 Å². The number of carbonyl (C=O) groups excluding carboxylic acids is 1. The number of esters is 1. The number of rotatable bonds is 6. The van der Waals surface area contributed by atoms with Crippen molar-refractivity contribution in [3.63, 3.8) is 0 Å². The summed E-state index contributed by atoms with van der Waals surface area (Å²) in [6.45, 7) is 4.28. The molecule has 0 spiro atoms. The highest BCUT2D eigenvalue weighted by molar-refractivity contribution is 5.91. The van der Waals surface area contributed by atoms with Gasteiger partial charge in [0.2, 0.25) is 0 Å². The van der Waals surface area contributed by atoms with Crippen molar-refractivity contribution in [1.82, 2.24) is 5.32 Å². The zero-order valence-corrected chi connectivity index (χ0v) is 8.99. The largest absolute Gasteiger partial charge is 0.460 e. The minimum absolute atomic E-state index is 0.307. The molecule has 0 fully saturated rings. The van der Waals surface area contributed by atoms with Gasteiger partial charge in [-0.15, -0.1) is 0 Å². The summed E-state index contributed by atoms with van der Waals surface area (Å²) in [5, 5.41) is 2.95. The number of carbonyl (C=O) groups is 1. The van der Waals surface area contributed by atoms with Gasteiger partial charge < -0.3 is 14.8 Å². The highest BCUT2D eigenvalue weighted by Gasteiger charge is 2.08. The Bertz CT molecular complexity index is 259. The van der Waals surface area contributed by atoms with Gasteiger partial charge in [0, 0.05) is 19.4 Å². The first-order valence-electron chi connectivity index (χ1n) is 5.19. The second-order valence-electron chi connectivity index (χ2n) is 3.16. The molecule has 0 unspecified atom stereocenters. The Morgan fingerprint density at radius 2 is 2.33 bits per heavy atom. The minimum Gasteiger partial charge on any atom is -0.460 e. The zero-order valence-electron chi connectivity index (χ0n) is 8.99. The third-order valence-corrected chi connectivity index (χ3v) is 1.84. The van der Waals surface area contributed by atoms with E-state index in [0.29, 0.717) is 25.4 Å². The van der Waals surface area contributed by atoms with E-state index in [2.05, 4.69) is 5.32 Å². The summed E-state index contributed by atoms with van der Waals surface area (Å²) in [5.74, 6) is -0.307. The quantitative estimate of drug-likeness (QED) is 0.526. The maximum atomic E-state index is 11.4. The van der Waals surface area contributed by atoms with Gasteiger partial charge in [-0.25, -0.2) is 4.79 Å². The molecular weight excluding hydrogens is 194 g/mol. The van der Waals surface area contributed by atoms with E-state index in [1.807, 2.05) is 13.0 Å². The molecule has 4 heteroatoms. The van der Waals surface area contributed by atoms with Crippen LogP contribution < -0.4 is 5.32 Å². The standard InChI is InChI=1S/C11H17NO3/c1-2-6-14-7-8-15-11(13)10-4-3-5-12-9-10/h3-4,9,12H,2,5-8H2,1H3. The lowest BCUT2D eigenvalue weighted by Crippen LogP contribution is -2.17. The molecule has 0 atom stereocenters. The van der Waals surface area contributed by atoms with Gasteiger partial charge in [0.15, 0.2) is 0 Å². The SMILES string of the molecule is CCCOCCOC(=O)C1=CNCC=C1. The van der Waals surface area contributed by atoms with Crippen LogP contribution >= 0.6 is 0 Å². The zero-order chi connectivity index (χ0) is 10.9. The highest BCUT2D eigenvalue weighted by atomic mass is 16.6. The van der Waals surface area contributed by atoms with Crippen LogP contribution in [0.1, 0.15) is 13.3 Å². The molecule has 1 aliphatic heterocycles. The summed E-state index contributed by atoms with van der Waals surface area (Å²) in [5.41, 5.74) is 0.553. The molecule has 0 aromatic rings. The normalized spacial score (nSPS) is 14.3. The number of hydrogen-bond acceptors (Lipinski definition) is 4. The van der Waals surface area contributed by atoms with Gasteiger partial charge >= 0.3 is 5.97 Å². The van der Waals surface area contributed by atoms with Gasteiger partial charge in [0.25, 0.3) is 0 Å². The van der Waals surface area contributed by atoms with Crippen LogP contribution in [0.15, 0.2) is 23.9 Å². The third kappa shape index (κ3) is 4.65. The van der Waals surface area contributed by atoms with E-state index < -0.39 is 0 Å². The van der Waals surface area contributed by atoms with Crippen molar-refractivity contribution in [3.05, 3.63) is 23.9 Å². The Morgan fingerprint density at radius 1 is 1.47 bits per heavy atom. The van der Waals surface area contributed by atoms with Crippen LogP contribution in [-0.4, -0.2) is 32.3 Å². The van der Waals surface area contributed by atoms with E-state index in [1.54, 1.807) is 12.3 Å². The van der Waals surface area contributed by atoms with E-state index in [4.69, 9.17) is 9.47 Å². The van der Waals surface area contributed by atoms with Crippen molar-refractivity contribution in [1.29, 1.82) is 0 Å². The van der Waals surface area contributed by atoms with E-state index in [9.17, 15) is 4.79 Å². The Kier molecular flexibility index (Phi) is 5.55. The molecular formula is C11H17NO3. The lowest BCUT2D eigenvalue weighted by atomic mass is 10.2. The van der Waals surface area contributed by atoms with Gasteiger partial charge in [0.05, 0.1) is 12.2 Å². The number of nitrogens with one attached hydrogen (secondary N) is 1. The summed E-state index contributed by atoms with van der Waals surface area (Å²) in [6, 6.07) is 0. The predicted molar refractivity (Wildman–Crippen MR) is 57.3 cm³/mol. The molecule has 0 radical (unpaired) electrons. The highest BCUT2D eigenvalue weighted by Crippen LogP contribution is 2.02. The molecule has 0 aromatic carbocycles. The van der Waals surface area contributed by atoms with Gasteiger partial charge in [-0.3, -0.25) is 0 Å². The van der Waals surface area contributed by atoms with E-state index in [0.717, 1.165) is 13.0 Å². The van der Waals surface area contributed by atoms with Gasteiger partial charge in [-0.05, 0) is 12.5 Å². The number of hydrogen-bond donors (Lipinski definition) is 1. The van der Waals surface area contributed by atoms with Crippen molar-refractivity contribution >= 4 is 5.97 Å². The second kappa shape index (κ2) is 7.06.